The van der Waals surface area contributed by atoms with Crippen LogP contribution >= 0.6 is 0 Å². The molecule has 4 rings (SSSR count). The molecule has 2 bridgehead atoms. The number of carbonyl (C=O) groups excluding carboxylic acids is 1. The van der Waals surface area contributed by atoms with Crippen LogP contribution in [0.5, 0.6) is 5.75 Å². The van der Waals surface area contributed by atoms with Crippen molar-refractivity contribution in [2.75, 3.05) is 25.4 Å². The van der Waals surface area contributed by atoms with Crippen molar-refractivity contribution in [2.45, 2.75) is 18.9 Å². The van der Waals surface area contributed by atoms with Crippen LogP contribution in [0.15, 0.2) is 41.2 Å². The largest absolute Gasteiger partial charge is 0.733 e. The van der Waals surface area contributed by atoms with Crippen LogP contribution in [0.25, 0.3) is 0 Å². The van der Waals surface area contributed by atoms with Crippen molar-refractivity contribution in [3.05, 3.63) is 63.2 Å². The van der Waals surface area contributed by atoms with Gasteiger partial charge < -0.3 is 24.6 Å². The average molecular weight is 370 g/mol. The summed E-state index contributed by atoms with van der Waals surface area (Å²) in [5.74, 6) is 0.814. The highest BCUT2D eigenvalue weighted by molar-refractivity contribution is 5.94. The number of methoxy groups -OCH3 is 1. The van der Waals surface area contributed by atoms with Crippen LogP contribution in [-0.4, -0.2) is 40.8 Å². The lowest BCUT2D eigenvalue weighted by molar-refractivity contribution is 0.0594. The van der Waals surface area contributed by atoms with E-state index >= 15 is 0 Å². The van der Waals surface area contributed by atoms with Gasteiger partial charge in [0.25, 0.3) is 11.5 Å². The quantitative estimate of drug-likeness (QED) is 0.828. The number of hydrogen-bond acceptors (Lipinski definition) is 6. The van der Waals surface area contributed by atoms with Gasteiger partial charge in [0.2, 0.25) is 0 Å². The Bertz CT molecular complexity index is 922. The lowest BCUT2D eigenvalue weighted by Crippen LogP contribution is -2.49. The maximum absolute atomic E-state index is 12.9. The molecule has 0 aliphatic carbocycles. The van der Waals surface area contributed by atoms with Gasteiger partial charge in [-0.15, -0.1) is 0 Å². The first kappa shape index (κ1) is 17.6. The van der Waals surface area contributed by atoms with Crippen LogP contribution in [0.3, 0.4) is 0 Å². The minimum absolute atomic E-state index is 0.0280. The molecule has 1 fully saturated rings. The lowest BCUT2D eigenvalue weighted by atomic mass is 9.83. The van der Waals surface area contributed by atoms with Crippen molar-refractivity contribution in [3.8, 4) is 5.75 Å². The van der Waals surface area contributed by atoms with Crippen LogP contribution in [0, 0.1) is 11.1 Å². The summed E-state index contributed by atoms with van der Waals surface area (Å²) in [6.07, 6.45) is 0.894. The first-order chi connectivity index (χ1) is 13.0. The predicted molar refractivity (Wildman–Crippen MR) is 98.1 cm³/mol. The number of hydrogen-bond donors (Lipinski definition) is 1. The van der Waals surface area contributed by atoms with Crippen molar-refractivity contribution in [3.63, 3.8) is 0 Å². The van der Waals surface area contributed by atoms with E-state index in [1.54, 1.807) is 42.0 Å². The number of anilines is 1. The number of benzene rings is 1. The highest BCUT2D eigenvalue weighted by atomic mass is 16.8. The summed E-state index contributed by atoms with van der Waals surface area (Å²) in [7, 11) is 1.58. The van der Waals surface area contributed by atoms with Gasteiger partial charge in [0.1, 0.15) is 11.4 Å². The number of aromatic nitrogens is 1. The number of amides is 1. The third-order valence-corrected chi connectivity index (χ3v) is 5.41. The molecule has 0 radical (unpaired) electrons. The Morgan fingerprint density at radius 3 is 2.59 bits per heavy atom. The highest BCUT2D eigenvalue weighted by Crippen LogP contribution is 2.36. The van der Waals surface area contributed by atoms with E-state index in [0.717, 1.165) is 12.1 Å². The topological polar surface area (TPSA) is 98.1 Å². The number of pyridine rings is 1. The van der Waals surface area contributed by atoms with Gasteiger partial charge in [-0.05, 0) is 48.7 Å². The number of ether oxygens (including phenoxy) is 1. The summed E-state index contributed by atoms with van der Waals surface area (Å²) < 4.78 is 6.69. The van der Waals surface area contributed by atoms with Crippen LogP contribution < -0.4 is 15.5 Å². The van der Waals surface area contributed by atoms with Crippen LogP contribution in [0.4, 0.5) is 5.69 Å². The summed E-state index contributed by atoms with van der Waals surface area (Å²) in [4.78, 5) is 27.2. The molecule has 8 heteroatoms. The van der Waals surface area contributed by atoms with E-state index in [1.807, 2.05) is 4.90 Å². The van der Waals surface area contributed by atoms with E-state index in [0.29, 0.717) is 30.9 Å². The molecule has 2 aromatic rings. The van der Waals surface area contributed by atoms with E-state index in [9.17, 15) is 14.8 Å². The fourth-order valence-electron chi connectivity index (χ4n) is 4.16. The van der Waals surface area contributed by atoms with Gasteiger partial charge in [0.15, 0.2) is 0 Å². The van der Waals surface area contributed by atoms with E-state index in [2.05, 4.69) is 0 Å². The molecule has 1 N–H and O–H groups in total. The maximum Gasteiger partial charge on any atom is 0.275 e. The molecule has 1 aromatic carbocycles. The van der Waals surface area contributed by atoms with Crippen molar-refractivity contribution < 1.29 is 14.7 Å². The van der Waals surface area contributed by atoms with Gasteiger partial charge in [-0.3, -0.25) is 14.8 Å². The zero-order valence-electron chi connectivity index (χ0n) is 14.9. The van der Waals surface area contributed by atoms with E-state index < -0.39 is 5.56 Å². The second kappa shape index (κ2) is 6.71. The minimum atomic E-state index is -0.491. The molecule has 27 heavy (non-hydrogen) atoms. The smallest absolute Gasteiger partial charge is 0.275 e. The third-order valence-electron chi connectivity index (χ3n) is 5.41. The SMILES string of the molecule is COc1ccc(C(=O)N2C[C@H]3C[C@H](C2)c2ccc(N([O-])O)c(=O)n2C3)cc1. The molecule has 1 amide bonds. The van der Waals surface area contributed by atoms with Crippen molar-refractivity contribution >= 4 is 11.6 Å². The van der Waals surface area contributed by atoms with Gasteiger partial charge in [-0.2, -0.15) is 0 Å². The van der Waals surface area contributed by atoms with Gasteiger partial charge >= 0.3 is 0 Å². The molecule has 0 saturated carbocycles. The zero-order valence-corrected chi connectivity index (χ0v) is 14.9. The molecule has 2 atom stereocenters. The molecule has 2 aliphatic rings. The molecular weight excluding hydrogens is 350 g/mol. The highest BCUT2D eigenvalue weighted by Gasteiger charge is 2.37. The number of nitrogens with zero attached hydrogens (tertiary/aromatic N) is 3. The summed E-state index contributed by atoms with van der Waals surface area (Å²) in [5, 5.41) is 19.8. The number of rotatable bonds is 3. The Hall–Kier alpha value is -2.84. The molecule has 142 valence electrons. The predicted octanol–water partition coefficient (Wildman–Crippen LogP) is 1.81. The normalized spacial score (nSPS) is 20.8. The Balaban J connectivity index is 1.60. The lowest BCUT2D eigenvalue weighted by Gasteiger charge is -2.43. The number of carbonyl (C=O) groups is 1. The molecule has 3 heterocycles. The summed E-state index contributed by atoms with van der Waals surface area (Å²) in [6, 6.07) is 10.1. The number of likely N-dealkylation sites (tertiary alicyclic amines) is 1. The van der Waals surface area contributed by atoms with E-state index in [-0.39, 0.29) is 28.7 Å². The molecular formula is C19H20N3O5-. The standard InChI is InChI=1S/C19H20N3O5/c1-27-15-4-2-13(3-5-15)18(23)20-9-12-8-14(11-20)16-6-7-17(22(25)26)19(24)21(16)10-12/h2-7,12,14,25H,8-11H2,1H3/q-1/t12-,14-/m1/s1. The fourth-order valence-corrected chi connectivity index (χ4v) is 4.16. The zero-order chi connectivity index (χ0) is 19.1. The number of piperidine rings is 1. The monoisotopic (exact) mass is 370 g/mol. The molecule has 2 aliphatic heterocycles. The van der Waals surface area contributed by atoms with Gasteiger partial charge in [-0.25, -0.2) is 0 Å². The Kier molecular flexibility index (Phi) is 4.37. The van der Waals surface area contributed by atoms with Crippen molar-refractivity contribution in [1.29, 1.82) is 0 Å². The Morgan fingerprint density at radius 1 is 1.19 bits per heavy atom. The Labute approximate surface area is 155 Å². The molecule has 0 spiro atoms. The van der Waals surface area contributed by atoms with Gasteiger partial charge in [0.05, 0.1) is 7.11 Å². The Morgan fingerprint density at radius 2 is 1.93 bits per heavy atom. The van der Waals surface area contributed by atoms with Crippen LogP contribution in [-0.2, 0) is 6.54 Å². The maximum atomic E-state index is 12.9. The molecule has 0 unspecified atom stereocenters. The minimum Gasteiger partial charge on any atom is -0.733 e. The number of fused-ring (bicyclic) bond motifs is 4. The van der Waals surface area contributed by atoms with Gasteiger partial charge in [-0.1, -0.05) is 0 Å². The van der Waals surface area contributed by atoms with E-state index in [1.165, 1.54) is 6.07 Å². The van der Waals surface area contributed by atoms with Gasteiger partial charge in [0, 0.05) is 36.8 Å². The molecule has 1 saturated heterocycles. The first-order valence-electron chi connectivity index (χ1n) is 8.81. The summed E-state index contributed by atoms with van der Waals surface area (Å²) in [6.45, 7) is 1.50. The fraction of sp³-hybridized carbons (Fsp3) is 0.368. The van der Waals surface area contributed by atoms with Crippen LogP contribution in [0.1, 0.15) is 28.4 Å². The summed E-state index contributed by atoms with van der Waals surface area (Å²) >= 11 is 0. The second-order valence-corrected chi connectivity index (χ2v) is 7.07. The van der Waals surface area contributed by atoms with E-state index in [4.69, 9.17) is 9.94 Å². The molecule has 1 aromatic heterocycles. The first-order valence-corrected chi connectivity index (χ1v) is 8.81. The van der Waals surface area contributed by atoms with Crippen LogP contribution in [0.2, 0.25) is 0 Å². The molecule has 8 nitrogen and oxygen atoms in total. The summed E-state index contributed by atoms with van der Waals surface area (Å²) in [5.41, 5.74) is 0.624. The van der Waals surface area contributed by atoms with Crippen molar-refractivity contribution in [2.24, 2.45) is 5.92 Å². The second-order valence-electron chi connectivity index (χ2n) is 7.07. The average Bonchev–Trinajstić information content (AvgIpc) is 2.68. The van der Waals surface area contributed by atoms with Crippen molar-refractivity contribution in [1.82, 2.24) is 9.47 Å². The third kappa shape index (κ3) is 3.07.